The van der Waals surface area contributed by atoms with Gasteiger partial charge in [-0.05, 0) is 26.3 Å². The summed E-state index contributed by atoms with van der Waals surface area (Å²) in [5, 5.41) is 0. The second-order valence-electron chi connectivity index (χ2n) is 4.00. The van der Waals surface area contributed by atoms with Crippen molar-refractivity contribution in [1.82, 2.24) is 4.90 Å². The van der Waals surface area contributed by atoms with E-state index in [-0.39, 0.29) is 6.04 Å². The molecule has 13 heavy (non-hydrogen) atoms. The number of piperidine rings is 1. The summed E-state index contributed by atoms with van der Waals surface area (Å²) in [4.78, 5) is 2.35. The molecule has 1 heterocycles. The van der Waals surface area contributed by atoms with Gasteiger partial charge in [-0.3, -0.25) is 0 Å². The van der Waals surface area contributed by atoms with Crippen molar-refractivity contribution in [3.63, 3.8) is 0 Å². The summed E-state index contributed by atoms with van der Waals surface area (Å²) in [6.07, 6.45) is 3.78. The number of likely N-dealkylation sites (tertiary alicyclic amines) is 1. The number of nitrogens with two attached hydrogens (primary N) is 1. The smallest absolute Gasteiger partial charge is 0.0621 e. The van der Waals surface area contributed by atoms with Gasteiger partial charge in [0, 0.05) is 19.1 Å². The number of ether oxygens (including phenoxy) is 1. The highest BCUT2D eigenvalue weighted by molar-refractivity contribution is 4.70. The van der Waals surface area contributed by atoms with Crippen LogP contribution in [0, 0.1) is 0 Å². The Labute approximate surface area is 81.2 Å². The van der Waals surface area contributed by atoms with E-state index < -0.39 is 0 Å². The molecule has 0 bridgehead atoms. The van der Waals surface area contributed by atoms with Crippen LogP contribution in [0.5, 0.6) is 0 Å². The van der Waals surface area contributed by atoms with Crippen LogP contribution < -0.4 is 5.73 Å². The van der Waals surface area contributed by atoms with Crippen molar-refractivity contribution in [3.8, 4) is 0 Å². The first-order valence-electron chi connectivity index (χ1n) is 5.28. The van der Waals surface area contributed by atoms with E-state index >= 15 is 0 Å². The zero-order chi connectivity index (χ0) is 9.68. The maximum absolute atomic E-state index is 5.78. The maximum atomic E-state index is 5.78. The predicted molar refractivity (Wildman–Crippen MR) is 54.7 cm³/mol. The molecule has 1 fully saturated rings. The highest BCUT2D eigenvalue weighted by Crippen LogP contribution is 2.12. The molecule has 0 aromatic heterocycles. The normalized spacial score (nSPS) is 23.3. The summed E-state index contributed by atoms with van der Waals surface area (Å²) in [6, 6.07) is 0.222. The maximum Gasteiger partial charge on any atom is 0.0621 e. The van der Waals surface area contributed by atoms with Crippen molar-refractivity contribution in [2.45, 2.75) is 38.3 Å². The second kappa shape index (κ2) is 5.58. The fourth-order valence-corrected chi connectivity index (χ4v) is 1.53. The van der Waals surface area contributed by atoms with Gasteiger partial charge in [0.15, 0.2) is 0 Å². The molecule has 78 valence electrons. The van der Waals surface area contributed by atoms with Gasteiger partial charge in [0.1, 0.15) is 0 Å². The highest BCUT2D eigenvalue weighted by atomic mass is 16.5. The Bertz CT molecular complexity index is 133. The summed E-state index contributed by atoms with van der Waals surface area (Å²) in [7, 11) is 2.16. The first-order valence-corrected chi connectivity index (χ1v) is 5.28. The molecule has 0 aliphatic carbocycles. The van der Waals surface area contributed by atoms with Gasteiger partial charge in [0.2, 0.25) is 0 Å². The first-order chi connectivity index (χ1) is 6.22. The predicted octanol–water partition coefficient (Wildman–Crippen LogP) is 0.834. The summed E-state index contributed by atoms with van der Waals surface area (Å²) in [5.74, 6) is 0. The van der Waals surface area contributed by atoms with Crippen LogP contribution in [-0.2, 0) is 4.74 Å². The molecule has 1 aliphatic rings. The van der Waals surface area contributed by atoms with Gasteiger partial charge < -0.3 is 15.4 Å². The van der Waals surface area contributed by atoms with Crippen LogP contribution in [0.3, 0.4) is 0 Å². The van der Waals surface area contributed by atoms with E-state index in [9.17, 15) is 0 Å². The molecule has 1 rings (SSSR count). The molecule has 2 N–H and O–H groups in total. The Balaban J connectivity index is 2.08. The number of nitrogens with zero attached hydrogens (tertiary/aromatic N) is 1. The molecular formula is C10H22N2O. The highest BCUT2D eigenvalue weighted by Gasteiger charge is 2.17. The largest absolute Gasteiger partial charge is 0.377 e. The lowest BCUT2D eigenvalue weighted by molar-refractivity contribution is 0.00578. The van der Waals surface area contributed by atoms with Crippen LogP contribution in [0.15, 0.2) is 0 Å². The van der Waals surface area contributed by atoms with Crippen LogP contribution in [0.4, 0.5) is 0 Å². The Kier molecular flexibility index (Phi) is 4.70. The summed E-state index contributed by atoms with van der Waals surface area (Å²) < 4.78 is 5.73. The van der Waals surface area contributed by atoms with Crippen molar-refractivity contribution < 1.29 is 4.74 Å². The molecule has 0 saturated carbocycles. The monoisotopic (exact) mass is 186 g/mol. The zero-order valence-electron chi connectivity index (χ0n) is 8.83. The molecule has 1 atom stereocenters. The molecule has 1 saturated heterocycles. The standard InChI is InChI=1S/C10H22N2O/c1-3-9(11)8-13-10-4-6-12(2)7-5-10/h9-10H,3-8,11H2,1-2H3. The molecule has 0 aromatic carbocycles. The molecule has 1 aliphatic heterocycles. The number of hydrogen-bond acceptors (Lipinski definition) is 3. The fraction of sp³-hybridized carbons (Fsp3) is 1.00. The Morgan fingerprint density at radius 2 is 2.08 bits per heavy atom. The van der Waals surface area contributed by atoms with Crippen molar-refractivity contribution in [2.75, 3.05) is 26.7 Å². The molecule has 0 spiro atoms. The van der Waals surface area contributed by atoms with Gasteiger partial charge in [-0.1, -0.05) is 6.92 Å². The lowest BCUT2D eigenvalue weighted by atomic mass is 10.1. The molecule has 1 unspecified atom stereocenters. The lowest BCUT2D eigenvalue weighted by Gasteiger charge is -2.29. The van der Waals surface area contributed by atoms with E-state index in [2.05, 4.69) is 18.9 Å². The van der Waals surface area contributed by atoms with Gasteiger partial charge in [-0.15, -0.1) is 0 Å². The van der Waals surface area contributed by atoms with Crippen molar-refractivity contribution in [1.29, 1.82) is 0 Å². The minimum absolute atomic E-state index is 0.222. The minimum Gasteiger partial charge on any atom is -0.377 e. The summed E-state index contributed by atoms with van der Waals surface area (Å²) in [6.45, 7) is 5.14. The van der Waals surface area contributed by atoms with Crippen LogP contribution in [-0.4, -0.2) is 43.8 Å². The molecule has 0 amide bonds. The Morgan fingerprint density at radius 1 is 1.46 bits per heavy atom. The summed E-state index contributed by atoms with van der Waals surface area (Å²) >= 11 is 0. The van der Waals surface area contributed by atoms with E-state index in [0.717, 1.165) is 39.0 Å². The van der Waals surface area contributed by atoms with Crippen LogP contribution in [0.2, 0.25) is 0 Å². The third-order valence-corrected chi connectivity index (χ3v) is 2.74. The van der Waals surface area contributed by atoms with Gasteiger partial charge in [0.05, 0.1) is 12.7 Å². The van der Waals surface area contributed by atoms with Gasteiger partial charge in [-0.25, -0.2) is 0 Å². The average Bonchev–Trinajstić information content (AvgIpc) is 2.16. The Morgan fingerprint density at radius 3 is 2.62 bits per heavy atom. The number of rotatable bonds is 4. The molecular weight excluding hydrogens is 164 g/mol. The average molecular weight is 186 g/mol. The molecule has 0 radical (unpaired) electrons. The third kappa shape index (κ3) is 4.07. The van der Waals surface area contributed by atoms with E-state index in [4.69, 9.17) is 10.5 Å². The van der Waals surface area contributed by atoms with Crippen LogP contribution in [0.1, 0.15) is 26.2 Å². The van der Waals surface area contributed by atoms with Crippen molar-refractivity contribution >= 4 is 0 Å². The Hall–Kier alpha value is -0.120. The molecule has 3 heteroatoms. The van der Waals surface area contributed by atoms with Crippen LogP contribution in [0.25, 0.3) is 0 Å². The second-order valence-corrected chi connectivity index (χ2v) is 4.00. The van der Waals surface area contributed by atoms with Crippen molar-refractivity contribution in [2.24, 2.45) is 5.73 Å². The SMILES string of the molecule is CCC(N)COC1CCN(C)CC1. The van der Waals surface area contributed by atoms with E-state index in [1.807, 2.05) is 0 Å². The third-order valence-electron chi connectivity index (χ3n) is 2.74. The quantitative estimate of drug-likeness (QED) is 0.707. The minimum atomic E-state index is 0.222. The van der Waals surface area contributed by atoms with E-state index in [1.54, 1.807) is 0 Å². The first kappa shape index (κ1) is 11.0. The summed E-state index contributed by atoms with van der Waals surface area (Å²) in [5.41, 5.74) is 5.78. The molecule has 0 aromatic rings. The van der Waals surface area contributed by atoms with E-state index in [0.29, 0.717) is 6.10 Å². The van der Waals surface area contributed by atoms with Crippen LogP contribution >= 0.6 is 0 Å². The number of hydrogen-bond donors (Lipinski definition) is 1. The molecule has 3 nitrogen and oxygen atoms in total. The van der Waals surface area contributed by atoms with Crippen molar-refractivity contribution in [3.05, 3.63) is 0 Å². The lowest BCUT2D eigenvalue weighted by Crippen LogP contribution is -2.36. The van der Waals surface area contributed by atoms with E-state index in [1.165, 1.54) is 0 Å². The topological polar surface area (TPSA) is 38.5 Å². The fourth-order valence-electron chi connectivity index (χ4n) is 1.53. The van der Waals surface area contributed by atoms with Gasteiger partial charge in [0.25, 0.3) is 0 Å². The van der Waals surface area contributed by atoms with Gasteiger partial charge in [-0.2, -0.15) is 0 Å². The van der Waals surface area contributed by atoms with Gasteiger partial charge >= 0.3 is 0 Å². The zero-order valence-corrected chi connectivity index (χ0v) is 8.83.